The second-order valence-electron chi connectivity index (χ2n) is 4.62. The van der Waals surface area contributed by atoms with Crippen LogP contribution in [0.2, 0.25) is 0 Å². The Morgan fingerprint density at radius 3 is 2.47 bits per heavy atom. The van der Waals surface area contributed by atoms with Crippen molar-refractivity contribution in [1.29, 1.82) is 0 Å². The minimum absolute atomic E-state index is 0.0517. The molecule has 1 aromatic rings. The molecule has 94 valence electrons. The summed E-state index contributed by atoms with van der Waals surface area (Å²) in [6.07, 6.45) is 0.354. The van der Waals surface area contributed by atoms with Gasteiger partial charge in [-0.25, -0.2) is 0 Å². The van der Waals surface area contributed by atoms with E-state index in [2.05, 4.69) is 0 Å². The lowest BCUT2D eigenvalue weighted by Crippen LogP contribution is -2.19. The molecular weight excluding hydrogens is 214 g/mol. The van der Waals surface area contributed by atoms with Gasteiger partial charge in [-0.1, -0.05) is 44.2 Å². The first kappa shape index (κ1) is 13.7. The molecule has 0 fully saturated rings. The molecule has 0 aromatic heterocycles. The van der Waals surface area contributed by atoms with Crippen molar-refractivity contribution in [2.75, 3.05) is 13.2 Å². The van der Waals surface area contributed by atoms with Crippen LogP contribution in [0.3, 0.4) is 0 Å². The first-order valence-electron chi connectivity index (χ1n) is 6.04. The molecule has 0 aliphatic rings. The van der Waals surface area contributed by atoms with Crippen molar-refractivity contribution in [2.24, 2.45) is 11.7 Å². The summed E-state index contributed by atoms with van der Waals surface area (Å²) in [5, 5.41) is 0. The average Bonchev–Trinajstić information content (AvgIpc) is 2.34. The van der Waals surface area contributed by atoms with Crippen LogP contribution in [0.15, 0.2) is 30.3 Å². The minimum atomic E-state index is -0.169. The summed E-state index contributed by atoms with van der Waals surface area (Å²) in [6, 6.07) is 9.85. The highest BCUT2D eigenvalue weighted by molar-refractivity contribution is 5.70. The van der Waals surface area contributed by atoms with Crippen LogP contribution in [0.5, 0.6) is 0 Å². The van der Waals surface area contributed by atoms with Crippen LogP contribution < -0.4 is 5.73 Å². The van der Waals surface area contributed by atoms with Crippen LogP contribution in [-0.4, -0.2) is 19.1 Å². The third-order valence-corrected chi connectivity index (χ3v) is 2.55. The Labute approximate surface area is 103 Å². The van der Waals surface area contributed by atoms with Crippen molar-refractivity contribution in [1.82, 2.24) is 0 Å². The second kappa shape index (κ2) is 7.07. The topological polar surface area (TPSA) is 52.3 Å². The Bertz CT molecular complexity index is 335. The number of hydrogen-bond donors (Lipinski definition) is 1. The van der Waals surface area contributed by atoms with E-state index in [0.717, 1.165) is 5.56 Å². The SMILES string of the molecule is CC(C)COC(=O)C[C@@H](CN)c1ccccc1. The zero-order chi connectivity index (χ0) is 12.7. The number of carbonyl (C=O) groups excluding carboxylic acids is 1. The summed E-state index contributed by atoms with van der Waals surface area (Å²) in [7, 11) is 0. The quantitative estimate of drug-likeness (QED) is 0.770. The Morgan fingerprint density at radius 1 is 1.29 bits per heavy atom. The standard InChI is InChI=1S/C14H21NO2/c1-11(2)10-17-14(16)8-13(9-15)12-6-4-3-5-7-12/h3-7,11,13H,8-10,15H2,1-2H3/t13-/m0/s1. The van der Waals surface area contributed by atoms with Gasteiger partial charge in [-0.15, -0.1) is 0 Å². The van der Waals surface area contributed by atoms with Crippen LogP contribution in [0.25, 0.3) is 0 Å². The Balaban J connectivity index is 2.50. The fourth-order valence-electron chi connectivity index (χ4n) is 1.58. The van der Waals surface area contributed by atoms with E-state index in [1.807, 2.05) is 44.2 Å². The van der Waals surface area contributed by atoms with E-state index in [-0.39, 0.29) is 11.9 Å². The second-order valence-corrected chi connectivity index (χ2v) is 4.62. The summed E-state index contributed by atoms with van der Waals surface area (Å²) in [6.45, 7) is 4.97. The van der Waals surface area contributed by atoms with Crippen molar-refractivity contribution < 1.29 is 9.53 Å². The first-order valence-corrected chi connectivity index (χ1v) is 6.04. The molecule has 0 amide bonds. The fraction of sp³-hybridized carbons (Fsp3) is 0.500. The number of esters is 1. The number of benzene rings is 1. The first-order chi connectivity index (χ1) is 8.13. The monoisotopic (exact) mass is 235 g/mol. The van der Waals surface area contributed by atoms with Crippen molar-refractivity contribution in [2.45, 2.75) is 26.2 Å². The molecule has 0 heterocycles. The summed E-state index contributed by atoms with van der Waals surface area (Å²) < 4.78 is 5.16. The van der Waals surface area contributed by atoms with E-state index in [1.54, 1.807) is 0 Å². The van der Waals surface area contributed by atoms with E-state index in [4.69, 9.17) is 10.5 Å². The molecule has 0 saturated heterocycles. The van der Waals surface area contributed by atoms with Crippen molar-refractivity contribution in [3.8, 4) is 0 Å². The Hall–Kier alpha value is -1.35. The lowest BCUT2D eigenvalue weighted by atomic mass is 9.96. The lowest BCUT2D eigenvalue weighted by Gasteiger charge is -2.15. The molecule has 0 radical (unpaired) electrons. The minimum Gasteiger partial charge on any atom is -0.465 e. The normalized spacial score (nSPS) is 12.5. The maximum absolute atomic E-state index is 11.6. The van der Waals surface area contributed by atoms with E-state index in [0.29, 0.717) is 25.5 Å². The maximum Gasteiger partial charge on any atom is 0.306 e. The number of rotatable bonds is 6. The molecule has 0 saturated carbocycles. The summed E-state index contributed by atoms with van der Waals surface area (Å²) in [4.78, 5) is 11.6. The zero-order valence-electron chi connectivity index (χ0n) is 10.6. The molecule has 0 aliphatic heterocycles. The Kier molecular flexibility index (Phi) is 5.70. The highest BCUT2D eigenvalue weighted by Gasteiger charge is 2.15. The summed E-state index contributed by atoms with van der Waals surface area (Å²) in [5.74, 6) is 0.251. The van der Waals surface area contributed by atoms with Crippen LogP contribution in [0, 0.1) is 5.92 Å². The van der Waals surface area contributed by atoms with Gasteiger partial charge in [-0.05, 0) is 18.0 Å². The van der Waals surface area contributed by atoms with E-state index >= 15 is 0 Å². The third kappa shape index (κ3) is 5.00. The van der Waals surface area contributed by atoms with Gasteiger partial charge in [0.25, 0.3) is 0 Å². The fourth-order valence-corrected chi connectivity index (χ4v) is 1.58. The molecule has 3 heteroatoms. The summed E-state index contributed by atoms with van der Waals surface area (Å²) in [5.41, 5.74) is 6.80. The molecule has 1 atom stereocenters. The van der Waals surface area contributed by atoms with E-state index in [1.165, 1.54) is 0 Å². The highest BCUT2D eigenvalue weighted by Crippen LogP contribution is 2.18. The average molecular weight is 235 g/mol. The van der Waals surface area contributed by atoms with Gasteiger partial charge in [-0.2, -0.15) is 0 Å². The van der Waals surface area contributed by atoms with Gasteiger partial charge < -0.3 is 10.5 Å². The number of hydrogen-bond acceptors (Lipinski definition) is 3. The van der Waals surface area contributed by atoms with Gasteiger partial charge in [0, 0.05) is 5.92 Å². The van der Waals surface area contributed by atoms with Gasteiger partial charge in [0.1, 0.15) is 0 Å². The van der Waals surface area contributed by atoms with Crippen LogP contribution >= 0.6 is 0 Å². The number of carbonyl (C=O) groups is 1. The van der Waals surface area contributed by atoms with E-state index in [9.17, 15) is 4.79 Å². The zero-order valence-corrected chi connectivity index (χ0v) is 10.6. The molecule has 3 nitrogen and oxygen atoms in total. The predicted molar refractivity (Wildman–Crippen MR) is 68.7 cm³/mol. The molecule has 0 unspecified atom stereocenters. The summed E-state index contributed by atoms with van der Waals surface area (Å²) >= 11 is 0. The molecule has 17 heavy (non-hydrogen) atoms. The highest BCUT2D eigenvalue weighted by atomic mass is 16.5. The van der Waals surface area contributed by atoms with Gasteiger partial charge in [0.05, 0.1) is 13.0 Å². The Morgan fingerprint density at radius 2 is 1.94 bits per heavy atom. The lowest BCUT2D eigenvalue weighted by molar-refractivity contribution is -0.145. The molecule has 1 rings (SSSR count). The van der Waals surface area contributed by atoms with Crippen molar-refractivity contribution >= 4 is 5.97 Å². The van der Waals surface area contributed by atoms with Gasteiger partial charge in [-0.3, -0.25) is 4.79 Å². The molecule has 0 spiro atoms. The van der Waals surface area contributed by atoms with Gasteiger partial charge in [0.15, 0.2) is 0 Å². The maximum atomic E-state index is 11.6. The third-order valence-electron chi connectivity index (χ3n) is 2.55. The predicted octanol–water partition coefficient (Wildman–Crippen LogP) is 2.32. The van der Waals surface area contributed by atoms with Crippen LogP contribution in [-0.2, 0) is 9.53 Å². The van der Waals surface area contributed by atoms with Crippen molar-refractivity contribution in [3.63, 3.8) is 0 Å². The number of ether oxygens (including phenoxy) is 1. The van der Waals surface area contributed by atoms with Crippen molar-refractivity contribution in [3.05, 3.63) is 35.9 Å². The largest absolute Gasteiger partial charge is 0.465 e. The molecule has 0 aliphatic carbocycles. The molecule has 1 aromatic carbocycles. The van der Waals surface area contributed by atoms with Gasteiger partial charge in [0.2, 0.25) is 0 Å². The number of nitrogens with two attached hydrogens (primary N) is 1. The smallest absolute Gasteiger partial charge is 0.306 e. The van der Waals surface area contributed by atoms with Crippen LogP contribution in [0.4, 0.5) is 0 Å². The van der Waals surface area contributed by atoms with E-state index < -0.39 is 0 Å². The van der Waals surface area contributed by atoms with Gasteiger partial charge >= 0.3 is 5.97 Å². The van der Waals surface area contributed by atoms with Crippen LogP contribution in [0.1, 0.15) is 31.7 Å². The molecule has 2 N–H and O–H groups in total. The molecular formula is C14H21NO2. The molecule has 0 bridgehead atoms.